The summed E-state index contributed by atoms with van der Waals surface area (Å²) < 4.78 is 0. The van der Waals surface area contributed by atoms with Gasteiger partial charge in [-0.2, -0.15) is 0 Å². The number of anilines is 1. The molecule has 1 saturated carbocycles. The number of halogens is 1. The summed E-state index contributed by atoms with van der Waals surface area (Å²) in [6.45, 7) is 1.15. The van der Waals surface area contributed by atoms with E-state index in [-0.39, 0.29) is 27.7 Å². The molecule has 0 spiro atoms. The van der Waals surface area contributed by atoms with E-state index in [1.54, 1.807) is 29.2 Å². The van der Waals surface area contributed by atoms with Crippen LogP contribution in [-0.4, -0.2) is 52.0 Å². The van der Waals surface area contributed by atoms with Gasteiger partial charge in [0.05, 0.1) is 0 Å². The van der Waals surface area contributed by atoms with Gasteiger partial charge < -0.3 is 15.5 Å². The smallest absolute Gasteiger partial charge is 0.286 e. The number of carbonyl (C=O) groups is 3. The first kappa shape index (κ1) is 24.6. The molecular weight excluding hydrogens is 474 g/mol. The van der Waals surface area contributed by atoms with Crippen molar-refractivity contribution < 1.29 is 14.4 Å². The summed E-state index contributed by atoms with van der Waals surface area (Å²) in [7, 11) is 0. The first-order valence-electron chi connectivity index (χ1n) is 12.0. The van der Waals surface area contributed by atoms with Crippen molar-refractivity contribution in [3.63, 3.8) is 0 Å². The summed E-state index contributed by atoms with van der Waals surface area (Å²) in [6, 6.07) is 7.05. The Hall–Kier alpha value is -2.52. The molecule has 0 unspecified atom stereocenters. The van der Waals surface area contributed by atoms with Crippen LogP contribution in [0.2, 0.25) is 5.02 Å². The number of hydrogen-bond donors (Lipinski definition) is 2. The average molecular weight is 504 g/mol. The molecule has 2 heterocycles. The van der Waals surface area contributed by atoms with Gasteiger partial charge in [0, 0.05) is 36.3 Å². The van der Waals surface area contributed by atoms with Crippen molar-refractivity contribution in [2.45, 2.75) is 63.8 Å². The van der Waals surface area contributed by atoms with Gasteiger partial charge in [0.25, 0.3) is 11.8 Å². The highest BCUT2D eigenvalue weighted by Gasteiger charge is 2.28. The van der Waals surface area contributed by atoms with E-state index in [1.165, 1.54) is 25.7 Å². The first-order chi connectivity index (χ1) is 16.5. The zero-order chi connectivity index (χ0) is 23.9. The maximum Gasteiger partial charge on any atom is 0.286 e. The van der Waals surface area contributed by atoms with Crippen LogP contribution in [0.3, 0.4) is 0 Å². The molecule has 1 aromatic heterocycles. The molecule has 1 aromatic carbocycles. The van der Waals surface area contributed by atoms with Gasteiger partial charge in [-0.15, -0.1) is 10.2 Å². The number of rotatable bonds is 6. The first-order valence-corrected chi connectivity index (χ1v) is 13.2. The Balaban J connectivity index is 1.23. The van der Waals surface area contributed by atoms with Crippen molar-refractivity contribution in [2.75, 3.05) is 18.4 Å². The number of nitrogens with zero attached hydrogens (tertiary/aromatic N) is 3. The monoisotopic (exact) mass is 503 g/mol. The normalized spacial score (nSPS) is 17.7. The molecule has 0 atom stereocenters. The summed E-state index contributed by atoms with van der Waals surface area (Å²) in [5.74, 6) is -0.219. The fraction of sp³-hybridized carbons (Fsp3) is 0.542. The molecule has 4 rings (SSSR count). The minimum atomic E-state index is -0.419. The third-order valence-corrected chi connectivity index (χ3v) is 7.66. The van der Waals surface area contributed by atoms with E-state index < -0.39 is 5.91 Å². The third kappa shape index (κ3) is 6.76. The van der Waals surface area contributed by atoms with Crippen LogP contribution in [0.4, 0.5) is 5.69 Å². The zero-order valence-corrected chi connectivity index (χ0v) is 20.7. The van der Waals surface area contributed by atoms with Crippen LogP contribution >= 0.6 is 22.9 Å². The molecular formula is C24H30ClN5O3S. The quantitative estimate of drug-likeness (QED) is 0.564. The van der Waals surface area contributed by atoms with E-state index in [1.807, 2.05) is 0 Å². The molecule has 2 aromatic rings. The molecule has 34 heavy (non-hydrogen) atoms. The van der Waals surface area contributed by atoms with E-state index in [2.05, 4.69) is 20.8 Å². The fourth-order valence-electron chi connectivity index (χ4n) is 4.57. The van der Waals surface area contributed by atoms with Gasteiger partial charge in [-0.3, -0.25) is 14.4 Å². The summed E-state index contributed by atoms with van der Waals surface area (Å²) in [4.78, 5) is 39.5. The number of carbonyl (C=O) groups excluding carboxylic acids is 3. The van der Waals surface area contributed by atoms with E-state index in [0.717, 1.165) is 37.0 Å². The number of piperidine rings is 1. The second-order valence-electron chi connectivity index (χ2n) is 9.07. The van der Waals surface area contributed by atoms with Gasteiger partial charge >= 0.3 is 0 Å². The molecule has 3 amide bonds. The van der Waals surface area contributed by atoms with Gasteiger partial charge in [0.15, 0.2) is 0 Å². The predicted molar refractivity (Wildman–Crippen MR) is 132 cm³/mol. The van der Waals surface area contributed by atoms with Crippen LogP contribution in [0.25, 0.3) is 0 Å². The Bertz CT molecular complexity index is 996. The highest BCUT2D eigenvalue weighted by molar-refractivity contribution is 7.15. The van der Waals surface area contributed by atoms with Crippen molar-refractivity contribution in [2.24, 2.45) is 5.92 Å². The van der Waals surface area contributed by atoms with Crippen LogP contribution < -0.4 is 10.6 Å². The number of hydrogen-bond acceptors (Lipinski definition) is 6. The Morgan fingerprint density at radius 3 is 2.26 bits per heavy atom. The lowest BCUT2D eigenvalue weighted by Gasteiger charge is -2.31. The van der Waals surface area contributed by atoms with Crippen LogP contribution in [0, 0.1) is 5.92 Å². The van der Waals surface area contributed by atoms with E-state index in [0.29, 0.717) is 36.3 Å². The molecule has 2 aliphatic rings. The van der Waals surface area contributed by atoms with E-state index in [4.69, 9.17) is 11.6 Å². The minimum absolute atomic E-state index is 0.128. The van der Waals surface area contributed by atoms with Crippen LogP contribution in [0.5, 0.6) is 0 Å². The predicted octanol–water partition coefficient (Wildman–Crippen LogP) is 4.53. The molecule has 1 aliphatic heterocycles. The average Bonchev–Trinajstić information content (AvgIpc) is 3.20. The molecule has 182 valence electrons. The van der Waals surface area contributed by atoms with Crippen molar-refractivity contribution in [3.8, 4) is 0 Å². The Morgan fingerprint density at radius 2 is 1.59 bits per heavy atom. The molecule has 0 bridgehead atoms. The van der Waals surface area contributed by atoms with Gasteiger partial charge in [0.2, 0.25) is 15.9 Å². The third-order valence-electron chi connectivity index (χ3n) is 6.50. The van der Waals surface area contributed by atoms with Gasteiger partial charge in [0.1, 0.15) is 0 Å². The molecule has 2 fully saturated rings. The maximum absolute atomic E-state index is 12.9. The lowest BCUT2D eigenvalue weighted by molar-refractivity contribution is -0.123. The number of likely N-dealkylation sites (tertiary alicyclic amines) is 1. The summed E-state index contributed by atoms with van der Waals surface area (Å²) in [6.07, 6.45) is 9.18. The van der Waals surface area contributed by atoms with Gasteiger partial charge in [-0.05, 0) is 55.9 Å². The molecule has 1 saturated heterocycles. The van der Waals surface area contributed by atoms with E-state index >= 15 is 0 Å². The molecule has 1 aliphatic carbocycles. The second kappa shape index (κ2) is 11.8. The van der Waals surface area contributed by atoms with Crippen LogP contribution in [-0.2, 0) is 4.79 Å². The molecule has 8 nitrogen and oxygen atoms in total. The standard InChI is InChI=1S/C24H30ClN5O3S/c25-17-7-9-19(10-8-17)27-21(32)22-28-29-23(34-22)24(33)30-13-11-16(12-14-30)15-20(31)26-18-5-3-1-2-4-6-18/h7-10,16,18H,1-6,11-15H2,(H,26,31)(H,27,32). The van der Waals surface area contributed by atoms with Gasteiger partial charge in [-0.25, -0.2) is 0 Å². The van der Waals surface area contributed by atoms with E-state index in [9.17, 15) is 14.4 Å². The second-order valence-corrected chi connectivity index (χ2v) is 10.5. The largest absolute Gasteiger partial charge is 0.353 e. The van der Waals surface area contributed by atoms with Crippen molar-refractivity contribution in [3.05, 3.63) is 39.3 Å². The highest BCUT2D eigenvalue weighted by Crippen LogP contribution is 2.24. The SMILES string of the molecule is O=C(CC1CCN(C(=O)c2nnc(C(=O)Nc3ccc(Cl)cc3)s2)CC1)NC1CCCCCC1. The van der Waals surface area contributed by atoms with Crippen LogP contribution in [0.1, 0.15) is 77.4 Å². The molecule has 2 N–H and O–H groups in total. The number of amides is 3. The zero-order valence-electron chi connectivity index (χ0n) is 19.1. The molecule has 0 radical (unpaired) electrons. The topological polar surface area (TPSA) is 104 Å². The summed E-state index contributed by atoms with van der Waals surface area (Å²) in [5.41, 5.74) is 0.586. The number of nitrogens with one attached hydrogen (secondary N) is 2. The van der Waals surface area contributed by atoms with Crippen LogP contribution in [0.15, 0.2) is 24.3 Å². The number of benzene rings is 1. The number of aromatic nitrogens is 2. The highest BCUT2D eigenvalue weighted by atomic mass is 35.5. The van der Waals surface area contributed by atoms with Crippen molar-refractivity contribution in [1.29, 1.82) is 0 Å². The Labute approximate surface area is 208 Å². The Morgan fingerprint density at radius 1 is 0.941 bits per heavy atom. The summed E-state index contributed by atoms with van der Waals surface area (Å²) in [5, 5.41) is 14.7. The Kier molecular flexibility index (Phi) is 8.50. The van der Waals surface area contributed by atoms with Crippen molar-refractivity contribution >= 4 is 46.3 Å². The fourth-order valence-corrected chi connectivity index (χ4v) is 5.40. The lowest BCUT2D eigenvalue weighted by Crippen LogP contribution is -2.41. The summed E-state index contributed by atoms with van der Waals surface area (Å²) >= 11 is 6.84. The lowest BCUT2D eigenvalue weighted by atomic mass is 9.93. The minimum Gasteiger partial charge on any atom is -0.353 e. The molecule has 10 heteroatoms. The van der Waals surface area contributed by atoms with Gasteiger partial charge in [-0.1, -0.05) is 48.6 Å². The maximum atomic E-state index is 12.9. The van der Waals surface area contributed by atoms with Crippen molar-refractivity contribution in [1.82, 2.24) is 20.4 Å².